The first-order valence-electron chi connectivity index (χ1n) is 6.43. The molecule has 0 spiro atoms. The number of methoxy groups -OCH3 is 1. The Balaban J connectivity index is 1.92. The molecule has 0 radical (unpaired) electrons. The van der Waals surface area contributed by atoms with Gasteiger partial charge in [0.05, 0.1) is 13.2 Å². The summed E-state index contributed by atoms with van der Waals surface area (Å²) in [4.78, 5) is 3.98. The maximum Gasteiger partial charge on any atom is 0.213 e. The number of aromatic nitrogens is 1. The molecule has 0 aliphatic heterocycles. The van der Waals surface area contributed by atoms with Gasteiger partial charge in [-0.25, -0.2) is 13.8 Å². The Morgan fingerprint density at radius 1 is 1.29 bits per heavy atom. The standard InChI is InChI=1S/C15H16F2N2O2/c1-21-15-6-10(4-5-19-15)8-18-9-14(20)12-7-11(16)2-3-13(12)17/h2-7,14,18,20H,8-9H2,1H3. The molecule has 0 fully saturated rings. The summed E-state index contributed by atoms with van der Waals surface area (Å²) in [5.41, 5.74) is 0.851. The second-order valence-electron chi connectivity index (χ2n) is 4.52. The SMILES string of the molecule is COc1cc(CNCC(O)c2cc(F)ccc2F)ccn1. The van der Waals surface area contributed by atoms with Crippen LogP contribution in [0.5, 0.6) is 5.88 Å². The van der Waals surface area contributed by atoms with Gasteiger partial charge in [-0.15, -0.1) is 0 Å². The summed E-state index contributed by atoms with van der Waals surface area (Å²) in [7, 11) is 1.52. The largest absolute Gasteiger partial charge is 0.481 e. The lowest BCUT2D eigenvalue weighted by Crippen LogP contribution is -2.21. The first-order chi connectivity index (χ1) is 10.1. The fourth-order valence-corrected chi connectivity index (χ4v) is 1.91. The Hall–Kier alpha value is -2.05. The molecule has 0 aliphatic carbocycles. The number of pyridine rings is 1. The van der Waals surface area contributed by atoms with Crippen LogP contribution in [-0.4, -0.2) is 23.7 Å². The lowest BCUT2D eigenvalue weighted by atomic mass is 10.1. The zero-order valence-electron chi connectivity index (χ0n) is 11.5. The van der Waals surface area contributed by atoms with Crippen LogP contribution in [0.2, 0.25) is 0 Å². The molecule has 0 bridgehead atoms. The third-order valence-corrected chi connectivity index (χ3v) is 2.99. The van der Waals surface area contributed by atoms with Crippen LogP contribution >= 0.6 is 0 Å². The molecule has 0 aliphatic rings. The van der Waals surface area contributed by atoms with Gasteiger partial charge in [0.2, 0.25) is 5.88 Å². The van der Waals surface area contributed by atoms with Crippen molar-refractivity contribution in [2.45, 2.75) is 12.6 Å². The van der Waals surface area contributed by atoms with Gasteiger partial charge in [0.1, 0.15) is 11.6 Å². The van der Waals surface area contributed by atoms with Crippen molar-refractivity contribution in [3.63, 3.8) is 0 Å². The molecule has 2 rings (SSSR count). The van der Waals surface area contributed by atoms with Gasteiger partial charge in [-0.2, -0.15) is 0 Å². The third kappa shape index (κ3) is 4.21. The van der Waals surface area contributed by atoms with Crippen LogP contribution in [0.1, 0.15) is 17.2 Å². The fourth-order valence-electron chi connectivity index (χ4n) is 1.91. The first-order valence-corrected chi connectivity index (χ1v) is 6.43. The molecule has 2 aromatic rings. The van der Waals surface area contributed by atoms with Crippen LogP contribution in [0.25, 0.3) is 0 Å². The van der Waals surface area contributed by atoms with E-state index in [1.54, 1.807) is 18.3 Å². The number of rotatable bonds is 6. The van der Waals surface area contributed by atoms with Gasteiger partial charge in [-0.1, -0.05) is 0 Å². The topological polar surface area (TPSA) is 54.4 Å². The van der Waals surface area contributed by atoms with Crippen LogP contribution in [0.3, 0.4) is 0 Å². The summed E-state index contributed by atoms with van der Waals surface area (Å²) in [5.74, 6) is -0.716. The van der Waals surface area contributed by atoms with Crippen molar-refractivity contribution in [2.24, 2.45) is 0 Å². The average molecular weight is 294 g/mol. The number of ether oxygens (including phenoxy) is 1. The predicted molar refractivity (Wildman–Crippen MR) is 73.8 cm³/mol. The number of halogens is 2. The van der Waals surface area contributed by atoms with Gasteiger partial charge in [-0.3, -0.25) is 0 Å². The summed E-state index contributed by atoms with van der Waals surface area (Å²) in [6, 6.07) is 6.56. The first kappa shape index (κ1) is 15.3. The number of nitrogens with one attached hydrogen (secondary N) is 1. The van der Waals surface area contributed by atoms with E-state index in [-0.39, 0.29) is 12.1 Å². The van der Waals surface area contributed by atoms with Crippen molar-refractivity contribution in [3.8, 4) is 5.88 Å². The molecule has 1 aromatic heterocycles. The monoisotopic (exact) mass is 294 g/mol. The van der Waals surface area contributed by atoms with E-state index in [0.717, 1.165) is 23.8 Å². The average Bonchev–Trinajstić information content (AvgIpc) is 2.49. The molecule has 1 atom stereocenters. The summed E-state index contributed by atoms with van der Waals surface area (Å²) in [5, 5.41) is 12.9. The van der Waals surface area contributed by atoms with Crippen molar-refractivity contribution in [3.05, 3.63) is 59.3 Å². The summed E-state index contributed by atoms with van der Waals surface area (Å²) in [6.45, 7) is 0.553. The second kappa shape index (κ2) is 7.10. The van der Waals surface area contributed by atoms with Gasteiger partial charge < -0.3 is 15.2 Å². The normalized spacial score (nSPS) is 12.2. The molecule has 1 unspecified atom stereocenters. The highest BCUT2D eigenvalue weighted by Crippen LogP contribution is 2.18. The molecule has 21 heavy (non-hydrogen) atoms. The highest BCUT2D eigenvalue weighted by atomic mass is 19.1. The second-order valence-corrected chi connectivity index (χ2v) is 4.52. The van der Waals surface area contributed by atoms with Gasteiger partial charge in [0, 0.05) is 30.9 Å². The van der Waals surface area contributed by atoms with Gasteiger partial charge in [-0.05, 0) is 29.8 Å². The molecule has 0 saturated carbocycles. The lowest BCUT2D eigenvalue weighted by molar-refractivity contribution is 0.169. The number of nitrogens with zero attached hydrogens (tertiary/aromatic N) is 1. The molecule has 112 valence electrons. The summed E-state index contributed by atoms with van der Waals surface area (Å²) < 4.78 is 31.5. The van der Waals surface area contributed by atoms with E-state index in [1.807, 2.05) is 0 Å². The molecule has 1 heterocycles. The summed E-state index contributed by atoms with van der Waals surface area (Å²) in [6.07, 6.45) is 0.489. The minimum atomic E-state index is -1.12. The summed E-state index contributed by atoms with van der Waals surface area (Å²) >= 11 is 0. The Bertz CT molecular complexity index is 608. The maximum absolute atomic E-state index is 13.5. The van der Waals surface area contributed by atoms with E-state index in [2.05, 4.69) is 10.3 Å². The highest BCUT2D eigenvalue weighted by molar-refractivity contribution is 5.22. The van der Waals surface area contributed by atoms with E-state index < -0.39 is 17.7 Å². The number of benzene rings is 1. The molecule has 2 N–H and O–H groups in total. The zero-order valence-corrected chi connectivity index (χ0v) is 11.5. The highest BCUT2D eigenvalue weighted by Gasteiger charge is 2.13. The Morgan fingerprint density at radius 3 is 2.86 bits per heavy atom. The Kier molecular flexibility index (Phi) is 5.19. The molecular formula is C15H16F2N2O2. The molecular weight excluding hydrogens is 278 g/mol. The van der Waals surface area contributed by atoms with Crippen LogP contribution in [0.4, 0.5) is 8.78 Å². The van der Waals surface area contributed by atoms with Crippen molar-refractivity contribution in [1.82, 2.24) is 10.3 Å². The fraction of sp³-hybridized carbons (Fsp3) is 0.267. The molecule has 6 heteroatoms. The van der Waals surface area contributed by atoms with Gasteiger partial charge >= 0.3 is 0 Å². The van der Waals surface area contributed by atoms with Crippen molar-refractivity contribution in [1.29, 1.82) is 0 Å². The maximum atomic E-state index is 13.5. The minimum absolute atomic E-state index is 0.0604. The molecule has 0 saturated heterocycles. The zero-order chi connectivity index (χ0) is 15.2. The third-order valence-electron chi connectivity index (χ3n) is 2.99. The Labute approximate surface area is 121 Å². The number of aliphatic hydroxyl groups excluding tert-OH is 1. The van der Waals surface area contributed by atoms with Crippen LogP contribution in [0, 0.1) is 11.6 Å². The van der Waals surface area contributed by atoms with E-state index >= 15 is 0 Å². The smallest absolute Gasteiger partial charge is 0.213 e. The Morgan fingerprint density at radius 2 is 2.10 bits per heavy atom. The predicted octanol–water partition coefficient (Wildman–Crippen LogP) is 2.19. The van der Waals surface area contributed by atoms with Crippen molar-refractivity contribution < 1.29 is 18.6 Å². The van der Waals surface area contributed by atoms with E-state index in [9.17, 15) is 13.9 Å². The quantitative estimate of drug-likeness (QED) is 0.857. The van der Waals surface area contributed by atoms with Crippen molar-refractivity contribution in [2.75, 3.05) is 13.7 Å². The van der Waals surface area contributed by atoms with E-state index in [1.165, 1.54) is 7.11 Å². The molecule has 1 aromatic carbocycles. The number of hydrogen-bond donors (Lipinski definition) is 2. The lowest BCUT2D eigenvalue weighted by Gasteiger charge is -2.13. The van der Waals surface area contributed by atoms with Crippen LogP contribution in [-0.2, 0) is 6.54 Å². The minimum Gasteiger partial charge on any atom is -0.481 e. The van der Waals surface area contributed by atoms with Crippen LogP contribution < -0.4 is 10.1 Å². The van der Waals surface area contributed by atoms with Gasteiger partial charge in [0.25, 0.3) is 0 Å². The van der Waals surface area contributed by atoms with Crippen molar-refractivity contribution >= 4 is 0 Å². The van der Waals surface area contributed by atoms with Gasteiger partial charge in [0.15, 0.2) is 0 Å². The number of aliphatic hydroxyl groups is 1. The molecule has 0 amide bonds. The molecule has 4 nitrogen and oxygen atoms in total. The van der Waals surface area contributed by atoms with Crippen LogP contribution in [0.15, 0.2) is 36.5 Å². The van der Waals surface area contributed by atoms with E-state index in [4.69, 9.17) is 4.74 Å². The number of hydrogen-bond acceptors (Lipinski definition) is 4. The van der Waals surface area contributed by atoms with E-state index in [0.29, 0.717) is 12.4 Å².